The van der Waals surface area contributed by atoms with E-state index < -0.39 is 19.0 Å². The fourth-order valence-corrected chi connectivity index (χ4v) is 4.11. The summed E-state index contributed by atoms with van der Waals surface area (Å²) < 4.78 is 28.8. The van der Waals surface area contributed by atoms with Crippen molar-refractivity contribution < 1.29 is 18.3 Å². The number of hydrogen-bond acceptors (Lipinski definition) is 2. The first-order valence-corrected chi connectivity index (χ1v) is 10.6. The van der Waals surface area contributed by atoms with E-state index in [9.17, 15) is 13.6 Å². The Kier molecular flexibility index (Phi) is 9.79. The van der Waals surface area contributed by atoms with Crippen molar-refractivity contribution in [2.45, 2.75) is 89.9 Å². The van der Waals surface area contributed by atoms with Crippen molar-refractivity contribution >= 4 is 5.97 Å². The van der Waals surface area contributed by atoms with Crippen LogP contribution in [0, 0.1) is 5.92 Å². The third kappa shape index (κ3) is 7.98. The van der Waals surface area contributed by atoms with Gasteiger partial charge in [-0.25, -0.2) is 13.6 Å². The average molecular weight is 381 g/mol. The Morgan fingerprint density at radius 1 is 1.00 bits per heavy atom. The van der Waals surface area contributed by atoms with Crippen molar-refractivity contribution in [1.82, 2.24) is 0 Å². The molecule has 0 radical (unpaired) electrons. The van der Waals surface area contributed by atoms with Gasteiger partial charge in [-0.15, -0.1) is 0 Å². The van der Waals surface area contributed by atoms with E-state index in [1.807, 2.05) is 12.1 Å². The van der Waals surface area contributed by atoms with E-state index in [1.165, 1.54) is 76.2 Å². The Bertz CT molecular complexity index is 534. The molecule has 0 aromatic heterocycles. The van der Waals surface area contributed by atoms with Gasteiger partial charge in [-0.2, -0.15) is 0 Å². The molecule has 1 aliphatic carbocycles. The number of carbonyl (C=O) groups excluding carboxylic acids is 1. The monoisotopic (exact) mass is 380 g/mol. The Hall–Kier alpha value is -1.45. The summed E-state index contributed by atoms with van der Waals surface area (Å²) in [4.78, 5) is 11.7. The molecule has 2 nitrogen and oxygen atoms in total. The van der Waals surface area contributed by atoms with Gasteiger partial charge in [0.15, 0.2) is 6.61 Å². The fraction of sp³-hybridized carbons (Fsp3) is 0.696. The quantitative estimate of drug-likeness (QED) is 0.301. The van der Waals surface area contributed by atoms with E-state index in [2.05, 4.69) is 11.7 Å². The van der Waals surface area contributed by atoms with Crippen LogP contribution in [-0.2, 0) is 4.74 Å². The van der Waals surface area contributed by atoms with E-state index in [4.69, 9.17) is 0 Å². The first-order chi connectivity index (χ1) is 13.1. The molecule has 4 heteroatoms. The van der Waals surface area contributed by atoms with Crippen molar-refractivity contribution in [2.75, 3.05) is 6.61 Å². The summed E-state index contributed by atoms with van der Waals surface area (Å²) >= 11 is 0. The number of carbonyl (C=O) groups is 1. The lowest BCUT2D eigenvalue weighted by Gasteiger charge is -2.29. The number of halogens is 2. The molecule has 0 spiro atoms. The van der Waals surface area contributed by atoms with Gasteiger partial charge < -0.3 is 4.74 Å². The molecule has 0 amide bonds. The summed E-state index contributed by atoms with van der Waals surface area (Å²) in [7, 11) is 0. The molecule has 27 heavy (non-hydrogen) atoms. The standard InChI is InChI=1S/C23H34F2O2/c1-2-3-4-5-6-7-8-18-9-11-19(12-10-18)20-13-15-21(16-14-20)23(26)27-17-22(24)25/h13-16,18-19,22H,2-12,17H2,1H3. The van der Waals surface area contributed by atoms with Crippen LogP contribution in [0.2, 0.25) is 0 Å². The van der Waals surface area contributed by atoms with Crippen LogP contribution >= 0.6 is 0 Å². The van der Waals surface area contributed by atoms with Crippen LogP contribution in [0.4, 0.5) is 8.78 Å². The highest BCUT2D eigenvalue weighted by Gasteiger charge is 2.22. The second-order valence-corrected chi connectivity index (χ2v) is 7.89. The number of ether oxygens (including phenoxy) is 1. The van der Waals surface area contributed by atoms with E-state index in [0.29, 0.717) is 11.5 Å². The predicted molar refractivity (Wildman–Crippen MR) is 105 cm³/mol. The Morgan fingerprint density at radius 2 is 1.63 bits per heavy atom. The lowest BCUT2D eigenvalue weighted by molar-refractivity contribution is 0.0160. The molecular formula is C23H34F2O2. The highest BCUT2D eigenvalue weighted by molar-refractivity contribution is 5.89. The molecule has 152 valence electrons. The SMILES string of the molecule is CCCCCCCCC1CCC(c2ccc(C(=O)OCC(F)F)cc2)CC1. The van der Waals surface area contributed by atoms with Crippen LogP contribution in [0.5, 0.6) is 0 Å². The Balaban J connectivity index is 1.69. The lowest BCUT2D eigenvalue weighted by Crippen LogP contribution is -2.14. The van der Waals surface area contributed by atoms with Gasteiger partial charge in [0, 0.05) is 0 Å². The fourth-order valence-electron chi connectivity index (χ4n) is 4.11. The highest BCUT2D eigenvalue weighted by Crippen LogP contribution is 2.37. The van der Waals surface area contributed by atoms with Crippen LogP contribution < -0.4 is 0 Å². The highest BCUT2D eigenvalue weighted by atomic mass is 19.3. The third-order valence-corrected chi connectivity index (χ3v) is 5.77. The summed E-state index contributed by atoms with van der Waals surface area (Å²) in [6, 6.07) is 7.31. The van der Waals surface area contributed by atoms with Gasteiger partial charge in [-0.3, -0.25) is 0 Å². The number of benzene rings is 1. The normalized spacial score (nSPS) is 20.0. The molecule has 0 unspecified atom stereocenters. The molecule has 1 aromatic rings. The number of rotatable bonds is 11. The molecular weight excluding hydrogens is 346 g/mol. The van der Waals surface area contributed by atoms with E-state index >= 15 is 0 Å². The van der Waals surface area contributed by atoms with Crippen molar-refractivity contribution in [1.29, 1.82) is 0 Å². The van der Waals surface area contributed by atoms with Crippen LogP contribution in [-0.4, -0.2) is 19.0 Å². The summed E-state index contributed by atoms with van der Waals surface area (Å²) in [6.07, 6.45) is 11.9. The summed E-state index contributed by atoms with van der Waals surface area (Å²) in [5.41, 5.74) is 1.59. The molecule has 0 N–H and O–H groups in total. The smallest absolute Gasteiger partial charge is 0.338 e. The summed E-state index contributed by atoms with van der Waals surface area (Å²) in [6.45, 7) is 1.41. The maximum absolute atomic E-state index is 12.1. The zero-order valence-corrected chi connectivity index (χ0v) is 16.6. The van der Waals surface area contributed by atoms with Gasteiger partial charge >= 0.3 is 5.97 Å². The van der Waals surface area contributed by atoms with Crippen molar-refractivity contribution in [3.05, 3.63) is 35.4 Å². The number of unbranched alkanes of at least 4 members (excludes halogenated alkanes) is 5. The van der Waals surface area contributed by atoms with Gasteiger partial charge in [0.05, 0.1) is 5.56 Å². The topological polar surface area (TPSA) is 26.3 Å². The second-order valence-electron chi connectivity index (χ2n) is 7.89. The first-order valence-electron chi connectivity index (χ1n) is 10.6. The van der Waals surface area contributed by atoms with Gasteiger partial charge in [-0.05, 0) is 55.2 Å². The minimum absolute atomic E-state index is 0.344. The van der Waals surface area contributed by atoms with Crippen molar-refractivity contribution in [3.63, 3.8) is 0 Å². The maximum Gasteiger partial charge on any atom is 0.338 e. The van der Waals surface area contributed by atoms with Crippen LogP contribution in [0.25, 0.3) is 0 Å². The molecule has 0 atom stereocenters. The average Bonchev–Trinajstić information content (AvgIpc) is 2.69. The van der Waals surface area contributed by atoms with Crippen LogP contribution in [0.1, 0.15) is 99.4 Å². The molecule has 1 aliphatic rings. The minimum atomic E-state index is -2.63. The summed E-state index contributed by atoms with van der Waals surface area (Å²) in [5, 5.41) is 0. The third-order valence-electron chi connectivity index (χ3n) is 5.77. The Labute approximate surface area is 162 Å². The first kappa shape index (κ1) is 21.8. The van der Waals surface area contributed by atoms with Gasteiger partial charge in [0.1, 0.15) is 0 Å². The molecule has 0 aliphatic heterocycles. The number of alkyl halides is 2. The van der Waals surface area contributed by atoms with Gasteiger partial charge in [0.25, 0.3) is 6.43 Å². The van der Waals surface area contributed by atoms with Gasteiger partial charge in [-0.1, -0.05) is 64.0 Å². The van der Waals surface area contributed by atoms with E-state index in [0.717, 1.165) is 5.92 Å². The largest absolute Gasteiger partial charge is 0.456 e. The minimum Gasteiger partial charge on any atom is -0.456 e. The Morgan fingerprint density at radius 3 is 2.26 bits per heavy atom. The lowest BCUT2D eigenvalue weighted by atomic mass is 9.77. The number of esters is 1. The molecule has 0 saturated heterocycles. The summed E-state index contributed by atoms with van der Waals surface area (Å²) in [5.74, 6) is 0.748. The maximum atomic E-state index is 12.1. The molecule has 2 rings (SSSR count). The van der Waals surface area contributed by atoms with Crippen molar-refractivity contribution in [2.24, 2.45) is 5.92 Å². The van der Waals surface area contributed by atoms with Crippen LogP contribution in [0.3, 0.4) is 0 Å². The number of hydrogen-bond donors (Lipinski definition) is 0. The van der Waals surface area contributed by atoms with Gasteiger partial charge in [0.2, 0.25) is 0 Å². The van der Waals surface area contributed by atoms with E-state index in [-0.39, 0.29) is 0 Å². The predicted octanol–water partition coefficient (Wildman–Crippen LogP) is 7.13. The molecule has 1 saturated carbocycles. The molecule has 1 fully saturated rings. The molecule has 0 heterocycles. The zero-order chi connectivity index (χ0) is 19.5. The van der Waals surface area contributed by atoms with E-state index in [1.54, 1.807) is 12.1 Å². The van der Waals surface area contributed by atoms with Crippen molar-refractivity contribution in [3.8, 4) is 0 Å². The second kappa shape index (κ2) is 12.1. The zero-order valence-electron chi connectivity index (χ0n) is 16.6. The molecule has 1 aromatic carbocycles. The molecule has 0 bridgehead atoms. The van der Waals surface area contributed by atoms with Crippen LogP contribution in [0.15, 0.2) is 24.3 Å².